The summed E-state index contributed by atoms with van der Waals surface area (Å²) < 4.78 is 0. The maximum atomic E-state index is 3.52. The SMILES string of the molecule is CC(C)CN(CC(C)C)CC1CCCNC1. The first-order chi connectivity index (χ1) is 7.58. The molecule has 0 saturated carbocycles. The Hall–Kier alpha value is -0.0800. The highest BCUT2D eigenvalue weighted by molar-refractivity contribution is 4.74. The zero-order chi connectivity index (χ0) is 12.0. The Morgan fingerprint density at radius 1 is 1.12 bits per heavy atom. The van der Waals surface area contributed by atoms with Crippen molar-refractivity contribution in [1.29, 1.82) is 0 Å². The monoisotopic (exact) mass is 226 g/mol. The van der Waals surface area contributed by atoms with Crippen molar-refractivity contribution in [3.05, 3.63) is 0 Å². The van der Waals surface area contributed by atoms with E-state index in [0.29, 0.717) is 0 Å². The van der Waals surface area contributed by atoms with E-state index in [-0.39, 0.29) is 0 Å². The van der Waals surface area contributed by atoms with E-state index in [0.717, 1.165) is 17.8 Å². The van der Waals surface area contributed by atoms with Gasteiger partial charge < -0.3 is 10.2 Å². The third-order valence-corrected chi connectivity index (χ3v) is 3.16. The van der Waals surface area contributed by atoms with Gasteiger partial charge in [0.15, 0.2) is 0 Å². The molecule has 1 saturated heterocycles. The van der Waals surface area contributed by atoms with Crippen molar-refractivity contribution in [2.45, 2.75) is 40.5 Å². The molecule has 1 aliphatic heterocycles. The van der Waals surface area contributed by atoms with E-state index in [4.69, 9.17) is 0 Å². The van der Waals surface area contributed by atoms with Gasteiger partial charge in [-0.3, -0.25) is 0 Å². The molecule has 1 heterocycles. The van der Waals surface area contributed by atoms with Gasteiger partial charge in [0.2, 0.25) is 0 Å². The predicted molar refractivity (Wildman–Crippen MR) is 71.7 cm³/mol. The molecule has 1 atom stereocenters. The lowest BCUT2D eigenvalue weighted by Gasteiger charge is -2.32. The average Bonchev–Trinajstić information content (AvgIpc) is 2.16. The highest BCUT2D eigenvalue weighted by Gasteiger charge is 2.18. The fourth-order valence-electron chi connectivity index (χ4n) is 2.70. The molecule has 96 valence electrons. The number of nitrogens with zero attached hydrogens (tertiary/aromatic N) is 1. The lowest BCUT2D eigenvalue weighted by atomic mass is 9.98. The number of hydrogen-bond acceptors (Lipinski definition) is 2. The van der Waals surface area contributed by atoms with Crippen LogP contribution in [0.3, 0.4) is 0 Å². The lowest BCUT2D eigenvalue weighted by Crippen LogP contribution is -2.41. The average molecular weight is 226 g/mol. The Labute approximate surface area is 102 Å². The number of rotatable bonds is 6. The zero-order valence-corrected chi connectivity index (χ0v) is 11.6. The molecule has 0 spiro atoms. The van der Waals surface area contributed by atoms with Gasteiger partial charge in [0.1, 0.15) is 0 Å². The van der Waals surface area contributed by atoms with Crippen LogP contribution < -0.4 is 5.32 Å². The predicted octanol–water partition coefficient (Wildman–Crippen LogP) is 2.60. The smallest absolute Gasteiger partial charge is 0.00220 e. The third kappa shape index (κ3) is 5.86. The van der Waals surface area contributed by atoms with Crippen LogP contribution in [0.15, 0.2) is 0 Å². The van der Waals surface area contributed by atoms with Crippen molar-refractivity contribution in [3.63, 3.8) is 0 Å². The summed E-state index contributed by atoms with van der Waals surface area (Å²) >= 11 is 0. The first-order valence-electron chi connectivity index (χ1n) is 7.01. The Balaban J connectivity index is 2.35. The van der Waals surface area contributed by atoms with Crippen molar-refractivity contribution in [1.82, 2.24) is 10.2 Å². The molecular weight excluding hydrogens is 196 g/mol. The zero-order valence-electron chi connectivity index (χ0n) is 11.6. The molecule has 0 aromatic heterocycles. The third-order valence-electron chi connectivity index (χ3n) is 3.16. The minimum Gasteiger partial charge on any atom is -0.316 e. The fraction of sp³-hybridized carbons (Fsp3) is 1.00. The van der Waals surface area contributed by atoms with Gasteiger partial charge in [-0.15, -0.1) is 0 Å². The molecule has 1 rings (SSSR count). The summed E-state index contributed by atoms with van der Waals surface area (Å²) in [6.45, 7) is 15.6. The van der Waals surface area contributed by atoms with Crippen molar-refractivity contribution in [2.24, 2.45) is 17.8 Å². The highest BCUT2D eigenvalue weighted by atomic mass is 15.1. The van der Waals surface area contributed by atoms with Crippen LogP contribution in [0.2, 0.25) is 0 Å². The standard InChI is InChI=1S/C14H30N2/c1-12(2)9-16(10-13(3)4)11-14-6-5-7-15-8-14/h12-15H,5-11H2,1-4H3. The molecule has 1 fully saturated rings. The van der Waals surface area contributed by atoms with E-state index >= 15 is 0 Å². The van der Waals surface area contributed by atoms with Gasteiger partial charge in [0.05, 0.1) is 0 Å². The van der Waals surface area contributed by atoms with Crippen LogP contribution in [0, 0.1) is 17.8 Å². The normalized spacial score (nSPS) is 22.3. The van der Waals surface area contributed by atoms with E-state index in [9.17, 15) is 0 Å². The summed E-state index contributed by atoms with van der Waals surface area (Å²) in [6, 6.07) is 0. The van der Waals surface area contributed by atoms with Crippen LogP contribution >= 0.6 is 0 Å². The van der Waals surface area contributed by atoms with E-state index in [2.05, 4.69) is 37.9 Å². The maximum absolute atomic E-state index is 3.52. The van der Waals surface area contributed by atoms with Gasteiger partial charge in [-0.05, 0) is 43.7 Å². The minimum absolute atomic E-state index is 0.787. The molecule has 0 amide bonds. The molecule has 2 heteroatoms. The molecule has 1 N–H and O–H groups in total. The van der Waals surface area contributed by atoms with Crippen LogP contribution in [0.25, 0.3) is 0 Å². The first-order valence-corrected chi connectivity index (χ1v) is 7.01. The van der Waals surface area contributed by atoms with Crippen molar-refractivity contribution >= 4 is 0 Å². The molecule has 0 aromatic carbocycles. The van der Waals surface area contributed by atoms with Crippen molar-refractivity contribution < 1.29 is 0 Å². The molecule has 0 aromatic rings. The molecule has 0 bridgehead atoms. The quantitative estimate of drug-likeness (QED) is 0.749. The van der Waals surface area contributed by atoms with Crippen LogP contribution in [-0.2, 0) is 0 Å². The summed E-state index contributed by atoms with van der Waals surface area (Å²) in [6.07, 6.45) is 2.78. The largest absolute Gasteiger partial charge is 0.316 e. The minimum atomic E-state index is 0.787. The Kier molecular flexibility index (Phi) is 6.37. The van der Waals surface area contributed by atoms with Gasteiger partial charge in [-0.2, -0.15) is 0 Å². The van der Waals surface area contributed by atoms with E-state index in [1.165, 1.54) is 45.6 Å². The van der Waals surface area contributed by atoms with Gasteiger partial charge in [-0.25, -0.2) is 0 Å². The molecular formula is C14H30N2. The topological polar surface area (TPSA) is 15.3 Å². The molecule has 0 radical (unpaired) electrons. The van der Waals surface area contributed by atoms with E-state index in [1.54, 1.807) is 0 Å². The summed E-state index contributed by atoms with van der Waals surface area (Å²) in [5, 5.41) is 3.52. The molecule has 16 heavy (non-hydrogen) atoms. The molecule has 1 unspecified atom stereocenters. The number of piperidine rings is 1. The lowest BCUT2D eigenvalue weighted by molar-refractivity contribution is 0.173. The fourth-order valence-corrected chi connectivity index (χ4v) is 2.70. The summed E-state index contributed by atoms with van der Waals surface area (Å²) in [5.41, 5.74) is 0. The van der Waals surface area contributed by atoms with E-state index < -0.39 is 0 Å². The Morgan fingerprint density at radius 3 is 2.19 bits per heavy atom. The van der Waals surface area contributed by atoms with Gasteiger partial charge >= 0.3 is 0 Å². The van der Waals surface area contributed by atoms with Crippen molar-refractivity contribution in [3.8, 4) is 0 Å². The first kappa shape index (κ1) is 14.0. The maximum Gasteiger partial charge on any atom is 0.00220 e. The Bertz CT molecular complexity index is 162. The number of nitrogens with one attached hydrogen (secondary N) is 1. The molecule has 2 nitrogen and oxygen atoms in total. The van der Waals surface area contributed by atoms with Crippen molar-refractivity contribution in [2.75, 3.05) is 32.7 Å². The second kappa shape index (κ2) is 7.29. The molecule has 0 aliphatic carbocycles. The van der Waals surface area contributed by atoms with Crippen LogP contribution in [0.1, 0.15) is 40.5 Å². The van der Waals surface area contributed by atoms with E-state index in [1.807, 2.05) is 0 Å². The summed E-state index contributed by atoms with van der Waals surface area (Å²) in [5.74, 6) is 2.46. The van der Waals surface area contributed by atoms with Crippen LogP contribution in [0.4, 0.5) is 0 Å². The number of hydrogen-bond donors (Lipinski definition) is 1. The van der Waals surface area contributed by atoms with Crippen LogP contribution in [0.5, 0.6) is 0 Å². The summed E-state index contributed by atoms with van der Waals surface area (Å²) in [7, 11) is 0. The summed E-state index contributed by atoms with van der Waals surface area (Å²) in [4.78, 5) is 2.67. The van der Waals surface area contributed by atoms with Gasteiger partial charge in [0, 0.05) is 19.6 Å². The van der Waals surface area contributed by atoms with Gasteiger partial charge in [0.25, 0.3) is 0 Å². The van der Waals surface area contributed by atoms with Gasteiger partial charge in [-0.1, -0.05) is 27.7 Å². The highest BCUT2D eigenvalue weighted by Crippen LogP contribution is 2.14. The Morgan fingerprint density at radius 2 is 1.75 bits per heavy atom. The van der Waals surface area contributed by atoms with Crippen LogP contribution in [-0.4, -0.2) is 37.6 Å². The second-order valence-corrected chi connectivity index (χ2v) is 6.22. The molecule has 1 aliphatic rings. The second-order valence-electron chi connectivity index (χ2n) is 6.22.